The third kappa shape index (κ3) is 4.10. The van der Waals surface area contributed by atoms with Gasteiger partial charge in [0.25, 0.3) is 21.5 Å². The van der Waals surface area contributed by atoms with Gasteiger partial charge in [-0.2, -0.15) is 0 Å². The number of carbonyl (C=O) groups excluding carboxylic acids is 1. The van der Waals surface area contributed by atoms with Crippen molar-refractivity contribution < 1.29 is 17.9 Å². The quantitative estimate of drug-likeness (QED) is 0.389. The van der Waals surface area contributed by atoms with Gasteiger partial charge < -0.3 is 20.4 Å². The molecule has 4 aromatic rings. The Bertz CT molecular complexity index is 1730. The summed E-state index contributed by atoms with van der Waals surface area (Å²) in [7, 11) is -2.47. The normalized spacial score (nSPS) is 15.4. The van der Waals surface area contributed by atoms with Gasteiger partial charge >= 0.3 is 0 Å². The van der Waals surface area contributed by atoms with E-state index < -0.39 is 21.7 Å². The average Bonchev–Trinajstić information content (AvgIpc) is 3.36. The van der Waals surface area contributed by atoms with Gasteiger partial charge in [-0.15, -0.1) is 0 Å². The summed E-state index contributed by atoms with van der Waals surface area (Å²) in [6.07, 6.45) is 3.13. The van der Waals surface area contributed by atoms with E-state index in [1.54, 1.807) is 49.6 Å². The Balaban J connectivity index is 1.76. The van der Waals surface area contributed by atoms with E-state index >= 15 is 0 Å². The first-order valence-corrected chi connectivity index (χ1v) is 13.9. The summed E-state index contributed by atoms with van der Waals surface area (Å²) in [5, 5.41) is 3.37. The van der Waals surface area contributed by atoms with Crippen molar-refractivity contribution in [3.05, 3.63) is 76.3 Å². The lowest BCUT2D eigenvalue weighted by Gasteiger charge is -2.30. The van der Waals surface area contributed by atoms with E-state index in [4.69, 9.17) is 10.5 Å². The van der Waals surface area contributed by atoms with E-state index in [9.17, 15) is 18.0 Å². The van der Waals surface area contributed by atoms with E-state index in [1.165, 1.54) is 10.8 Å². The van der Waals surface area contributed by atoms with Crippen LogP contribution in [-0.4, -0.2) is 29.0 Å². The Hall–Kier alpha value is -3.89. The number of anilines is 1. The van der Waals surface area contributed by atoms with E-state index in [0.717, 1.165) is 21.5 Å². The van der Waals surface area contributed by atoms with Crippen molar-refractivity contribution in [3.63, 3.8) is 0 Å². The smallest absolute Gasteiger partial charge is 0.275 e. The molecule has 0 aliphatic carbocycles. The van der Waals surface area contributed by atoms with Gasteiger partial charge in [0.2, 0.25) is 0 Å². The number of hydrogen-bond acceptors (Lipinski definition) is 6. The third-order valence-corrected chi connectivity index (χ3v) is 8.61. The number of nitrogens with zero attached hydrogens (tertiary/aromatic N) is 2. The molecule has 1 aliphatic heterocycles. The third-order valence-electron chi connectivity index (χ3n) is 6.92. The van der Waals surface area contributed by atoms with Crippen molar-refractivity contribution >= 4 is 32.5 Å². The zero-order valence-electron chi connectivity index (χ0n) is 21.7. The average molecular weight is 535 g/mol. The van der Waals surface area contributed by atoms with Crippen LogP contribution in [0.15, 0.2) is 64.5 Å². The van der Waals surface area contributed by atoms with E-state index in [-0.39, 0.29) is 28.8 Å². The Morgan fingerprint density at radius 3 is 2.39 bits per heavy atom. The molecule has 0 radical (unpaired) electrons. The number of carbonyl (C=O) groups is 1. The number of aromatic nitrogens is 2. The number of hydrogen-bond donors (Lipinski definition) is 2. The molecule has 0 saturated carbocycles. The highest BCUT2D eigenvalue weighted by Gasteiger charge is 2.33. The summed E-state index contributed by atoms with van der Waals surface area (Å²) in [5.74, 6) is 0.117. The van der Waals surface area contributed by atoms with Crippen molar-refractivity contribution in [2.75, 3.05) is 5.32 Å². The first-order valence-electron chi connectivity index (χ1n) is 12.5. The number of aryl methyl sites for hydroxylation is 2. The van der Waals surface area contributed by atoms with Crippen molar-refractivity contribution in [1.82, 2.24) is 8.54 Å². The molecule has 2 aromatic carbocycles. The molecule has 0 fully saturated rings. The summed E-state index contributed by atoms with van der Waals surface area (Å²) in [4.78, 5) is 26.1. The minimum atomic E-state index is -4.05. The Morgan fingerprint density at radius 2 is 1.76 bits per heavy atom. The van der Waals surface area contributed by atoms with Gasteiger partial charge in [-0.05, 0) is 53.8 Å². The summed E-state index contributed by atoms with van der Waals surface area (Å²) in [6, 6.07) is 11.9. The van der Waals surface area contributed by atoms with E-state index in [0.29, 0.717) is 28.0 Å². The van der Waals surface area contributed by atoms with Gasteiger partial charge in [0.05, 0.1) is 10.6 Å². The molecular weight excluding hydrogens is 504 g/mol. The van der Waals surface area contributed by atoms with Gasteiger partial charge in [0.1, 0.15) is 5.52 Å². The van der Waals surface area contributed by atoms with Crippen LogP contribution in [-0.2, 0) is 34.8 Å². The summed E-state index contributed by atoms with van der Waals surface area (Å²) >= 11 is 0. The number of nitrogens with two attached hydrogens (primary N) is 1. The van der Waals surface area contributed by atoms with Gasteiger partial charge in [0, 0.05) is 42.5 Å². The molecule has 0 saturated heterocycles. The maximum atomic E-state index is 13.6. The van der Waals surface area contributed by atoms with Crippen molar-refractivity contribution in [3.8, 4) is 16.9 Å². The van der Waals surface area contributed by atoms with Crippen molar-refractivity contribution in [1.29, 1.82) is 0 Å². The monoisotopic (exact) mass is 534 g/mol. The summed E-state index contributed by atoms with van der Waals surface area (Å²) < 4.78 is 35.9. The lowest BCUT2D eigenvalue weighted by atomic mass is 9.97. The first kappa shape index (κ1) is 25.7. The molecule has 1 unspecified atom stereocenters. The molecule has 198 valence electrons. The number of fused-ring (bicyclic) bond motifs is 2. The molecule has 0 spiro atoms. The molecule has 3 N–H and O–H groups in total. The first-order chi connectivity index (χ1) is 18.1. The lowest BCUT2D eigenvalue weighted by molar-refractivity contribution is -0.125. The van der Waals surface area contributed by atoms with Crippen LogP contribution in [0.1, 0.15) is 31.9 Å². The fourth-order valence-corrected chi connectivity index (χ4v) is 6.15. The van der Waals surface area contributed by atoms with Crippen molar-refractivity contribution in [2.45, 2.75) is 44.7 Å². The van der Waals surface area contributed by atoms with Gasteiger partial charge in [-0.1, -0.05) is 32.9 Å². The van der Waals surface area contributed by atoms with Crippen LogP contribution in [0.3, 0.4) is 0 Å². The molecule has 38 heavy (non-hydrogen) atoms. The Labute approximate surface area is 220 Å². The molecule has 1 aliphatic rings. The number of nitrogens with one attached hydrogen (secondary N) is 1. The standard InChI is InChI=1S/C28H30N4O5S/c1-5-17-6-8-19(9-7-17)38(35,36)32-11-10-20-22(15-31(4)28(34)24(20)32)21-12-18(14-29)13-23-26(21)37-25(16(2)3)27(33)30-23/h6-13,15-16,25H,5,14,29H2,1-4H3,(H,30,33). The predicted molar refractivity (Wildman–Crippen MR) is 147 cm³/mol. The second-order valence-electron chi connectivity index (χ2n) is 9.83. The van der Waals surface area contributed by atoms with Crippen LogP contribution in [0.2, 0.25) is 0 Å². The van der Waals surface area contributed by atoms with Gasteiger partial charge in [-0.3, -0.25) is 9.59 Å². The molecule has 1 atom stereocenters. The maximum absolute atomic E-state index is 13.6. The fourth-order valence-electron chi connectivity index (χ4n) is 4.81. The summed E-state index contributed by atoms with van der Waals surface area (Å²) in [6.45, 7) is 5.99. The molecule has 0 bridgehead atoms. The Kier molecular flexibility index (Phi) is 6.40. The topological polar surface area (TPSA) is 125 Å². The van der Waals surface area contributed by atoms with Crippen LogP contribution < -0.4 is 21.3 Å². The van der Waals surface area contributed by atoms with Crippen LogP contribution >= 0.6 is 0 Å². The fraction of sp³-hybridized carbons (Fsp3) is 0.286. The highest BCUT2D eigenvalue weighted by Crippen LogP contribution is 2.43. The van der Waals surface area contributed by atoms with E-state index in [1.807, 2.05) is 26.8 Å². The number of pyridine rings is 1. The predicted octanol–water partition coefficient (Wildman–Crippen LogP) is 3.62. The number of amides is 1. The minimum Gasteiger partial charge on any atom is -0.477 e. The summed E-state index contributed by atoms with van der Waals surface area (Å²) in [5.41, 5.74) is 8.96. The van der Waals surface area contributed by atoms with Gasteiger partial charge in [0.15, 0.2) is 11.9 Å². The molecule has 2 aromatic heterocycles. The van der Waals surface area contributed by atoms with Gasteiger partial charge in [-0.25, -0.2) is 12.4 Å². The zero-order valence-corrected chi connectivity index (χ0v) is 22.5. The molecule has 9 nitrogen and oxygen atoms in total. The molecule has 10 heteroatoms. The van der Waals surface area contributed by atoms with Crippen LogP contribution in [0.4, 0.5) is 5.69 Å². The van der Waals surface area contributed by atoms with Crippen LogP contribution in [0, 0.1) is 5.92 Å². The second-order valence-corrected chi connectivity index (χ2v) is 11.6. The number of rotatable bonds is 6. The molecule has 1 amide bonds. The zero-order chi connectivity index (χ0) is 27.4. The second kappa shape index (κ2) is 9.45. The number of ether oxygens (including phenoxy) is 1. The van der Waals surface area contributed by atoms with E-state index in [2.05, 4.69) is 5.32 Å². The van der Waals surface area contributed by atoms with Crippen LogP contribution in [0.25, 0.3) is 22.0 Å². The highest BCUT2D eigenvalue weighted by atomic mass is 32.2. The largest absolute Gasteiger partial charge is 0.477 e. The molecule has 3 heterocycles. The minimum absolute atomic E-state index is 0.0247. The maximum Gasteiger partial charge on any atom is 0.275 e. The lowest BCUT2D eigenvalue weighted by Crippen LogP contribution is -2.40. The Morgan fingerprint density at radius 1 is 1.05 bits per heavy atom. The highest BCUT2D eigenvalue weighted by molar-refractivity contribution is 7.90. The molecular formula is C28H30N4O5S. The van der Waals surface area contributed by atoms with Crippen molar-refractivity contribution in [2.24, 2.45) is 18.7 Å². The van der Waals surface area contributed by atoms with Crippen LogP contribution in [0.5, 0.6) is 5.75 Å². The SMILES string of the molecule is CCc1ccc(S(=O)(=O)n2ccc3c(-c4cc(CN)cc5c4OC(C(C)C)C(=O)N5)cn(C)c(=O)c32)cc1. The number of benzene rings is 2. The molecule has 5 rings (SSSR count).